The second-order valence-electron chi connectivity index (χ2n) is 3.36. The van der Waals surface area contributed by atoms with E-state index in [4.69, 9.17) is 11.6 Å². The zero-order valence-electron chi connectivity index (χ0n) is 8.39. The molecule has 0 aliphatic rings. The van der Waals surface area contributed by atoms with Crippen molar-refractivity contribution < 1.29 is 0 Å². The summed E-state index contributed by atoms with van der Waals surface area (Å²) in [5.74, 6) is 0. The summed E-state index contributed by atoms with van der Waals surface area (Å²) in [7, 11) is 0. The lowest BCUT2D eigenvalue weighted by atomic mass is 10.3. The van der Waals surface area contributed by atoms with Crippen LogP contribution >= 0.6 is 38.9 Å². The Hall–Kier alpha value is -1.04. The number of fused-ring (bicyclic) bond motifs is 1. The maximum absolute atomic E-state index is 5.81. The molecule has 3 heterocycles. The summed E-state index contributed by atoms with van der Waals surface area (Å²) in [5, 5.41) is 1.35. The topological polar surface area (TPSA) is 38.7 Å². The fourth-order valence-corrected chi connectivity index (χ4v) is 3.22. The average molecular weight is 327 g/mol. The van der Waals surface area contributed by atoms with Gasteiger partial charge >= 0.3 is 0 Å². The minimum absolute atomic E-state index is 0.249. The summed E-state index contributed by atoms with van der Waals surface area (Å²) in [5.41, 5.74) is 0.811. The van der Waals surface area contributed by atoms with Crippen LogP contribution in [0.15, 0.2) is 35.2 Å². The second-order valence-corrected chi connectivity index (χ2v) is 5.64. The fourth-order valence-electron chi connectivity index (χ4n) is 1.52. The quantitative estimate of drug-likeness (QED) is 0.630. The summed E-state index contributed by atoms with van der Waals surface area (Å²) in [4.78, 5) is 13.3. The molecule has 0 radical (unpaired) electrons. The minimum atomic E-state index is 0.249. The van der Waals surface area contributed by atoms with Crippen LogP contribution in [0.5, 0.6) is 0 Å². The van der Waals surface area contributed by atoms with Gasteiger partial charge in [-0.15, -0.1) is 11.3 Å². The van der Waals surface area contributed by atoms with Crippen LogP contribution in [0.3, 0.4) is 0 Å². The lowest BCUT2D eigenvalue weighted by molar-refractivity contribution is 1.16. The van der Waals surface area contributed by atoms with Crippen molar-refractivity contribution in [1.82, 2.24) is 15.0 Å². The van der Waals surface area contributed by atoms with Crippen LogP contribution < -0.4 is 0 Å². The highest BCUT2D eigenvalue weighted by Crippen LogP contribution is 2.35. The van der Waals surface area contributed by atoms with Crippen molar-refractivity contribution in [1.29, 1.82) is 0 Å². The first-order chi connectivity index (χ1) is 8.24. The average Bonchev–Trinajstić information content (AvgIpc) is 2.75. The Morgan fingerprint density at radius 1 is 1.29 bits per heavy atom. The summed E-state index contributed by atoms with van der Waals surface area (Å²) in [6, 6.07) is 4.04. The van der Waals surface area contributed by atoms with Crippen LogP contribution in [0.2, 0.25) is 5.28 Å². The van der Waals surface area contributed by atoms with Gasteiger partial charge in [-0.3, -0.25) is 4.98 Å². The van der Waals surface area contributed by atoms with E-state index in [9.17, 15) is 0 Å². The predicted molar refractivity (Wildman–Crippen MR) is 73.4 cm³/mol. The zero-order valence-corrected chi connectivity index (χ0v) is 11.6. The van der Waals surface area contributed by atoms with E-state index in [1.807, 2.05) is 12.3 Å². The first kappa shape index (κ1) is 11.1. The molecule has 3 rings (SSSR count). The van der Waals surface area contributed by atoms with Crippen LogP contribution in [-0.4, -0.2) is 15.0 Å². The van der Waals surface area contributed by atoms with Gasteiger partial charge in [0.15, 0.2) is 0 Å². The monoisotopic (exact) mass is 325 g/mol. The smallest absolute Gasteiger partial charge is 0.222 e. The highest BCUT2D eigenvalue weighted by atomic mass is 79.9. The molecule has 84 valence electrons. The van der Waals surface area contributed by atoms with E-state index in [2.05, 4.69) is 36.9 Å². The molecule has 0 aliphatic carbocycles. The number of pyridine rings is 1. The van der Waals surface area contributed by atoms with Gasteiger partial charge in [0, 0.05) is 28.7 Å². The summed E-state index contributed by atoms with van der Waals surface area (Å²) in [6.07, 6.45) is 5.28. The molecule has 3 nitrogen and oxygen atoms in total. The van der Waals surface area contributed by atoms with Crippen LogP contribution in [-0.2, 0) is 0 Å². The van der Waals surface area contributed by atoms with Crippen molar-refractivity contribution in [2.24, 2.45) is 0 Å². The Morgan fingerprint density at radius 3 is 3.00 bits per heavy atom. The maximum Gasteiger partial charge on any atom is 0.222 e. The molecule has 0 aliphatic heterocycles. The molecule has 0 amide bonds. The van der Waals surface area contributed by atoms with Gasteiger partial charge in [0.05, 0.1) is 15.0 Å². The van der Waals surface area contributed by atoms with Gasteiger partial charge in [-0.2, -0.15) is 0 Å². The number of hydrogen-bond acceptors (Lipinski definition) is 4. The number of halogens is 2. The van der Waals surface area contributed by atoms with Crippen molar-refractivity contribution in [3.63, 3.8) is 0 Å². The van der Waals surface area contributed by atoms with Gasteiger partial charge in [-0.1, -0.05) is 0 Å². The first-order valence-electron chi connectivity index (χ1n) is 4.76. The van der Waals surface area contributed by atoms with E-state index in [1.165, 1.54) is 4.70 Å². The molecular weight excluding hydrogens is 322 g/mol. The van der Waals surface area contributed by atoms with E-state index >= 15 is 0 Å². The molecule has 0 fully saturated rings. The van der Waals surface area contributed by atoms with Crippen LogP contribution in [0.4, 0.5) is 0 Å². The number of hydrogen-bond donors (Lipinski definition) is 0. The lowest BCUT2D eigenvalue weighted by Crippen LogP contribution is -1.86. The molecule has 0 aromatic carbocycles. The molecule has 0 spiro atoms. The molecule has 0 atom stereocenters. The molecular formula is C11H5BrClN3S. The van der Waals surface area contributed by atoms with Gasteiger partial charge in [-0.05, 0) is 39.7 Å². The number of aromatic nitrogens is 3. The maximum atomic E-state index is 5.81. The fraction of sp³-hybridized carbons (Fsp3) is 0. The Bertz CT molecular complexity index is 665. The number of thiophene rings is 1. The van der Waals surface area contributed by atoms with E-state index in [-0.39, 0.29) is 5.28 Å². The Labute approximate surface area is 115 Å². The second kappa shape index (κ2) is 4.33. The minimum Gasteiger partial charge on any atom is -0.264 e. The summed E-state index contributed by atoms with van der Waals surface area (Å²) in [6.45, 7) is 0. The molecule has 6 heteroatoms. The number of nitrogens with zero attached hydrogens (tertiary/aromatic N) is 3. The lowest BCUT2D eigenvalue weighted by Gasteiger charge is -1.99. The Balaban J connectivity index is 2.23. The predicted octanol–water partition coefficient (Wildman–Crippen LogP) is 4.17. The van der Waals surface area contributed by atoms with Crippen molar-refractivity contribution >= 4 is 49.0 Å². The highest BCUT2D eigenvalue weighted by molar-refractivity contribution is 9.10. The molecule has 17 heavy (non-hydrogen) atoms. The van der Waals surface area contributed by atoms with Crippen molar-refractivity contribution in [3.05, 3.63) is 40.5 Å². The molecule has 0 unspecified atom stereocenters. The standard InChI is InChI=1S/C11H5BrClN3S/c12-7-5-15-11(13)16-10(7)9-3-6-4-14-2-1-8(6)17-9/h1-5H. The molecule has 3 aromatic rings. The van der Waals surface area contributed by atoms with Crippen molar-refractivity contribution in [2.45, 2.75) is 0 Å². The zero-order chi connectivity index (χ0) is 11.8. The van der Waals surface area contributed by atoms with E-state index < -0.39 is 0 Å². The molecule has 0 saturated carbocycles. The van der Waals surface area contributed by atoms with Crippen LogP contribution in [0.25, 0.3) is 20.7 Å². The molecule has 3 aromatic heterocycles. The SMILES string of the molecule is Clc1ncc(Br)c(-c2cc3cnccc3s2)n1. The third kappa shape index (κ3) is 2.06. The molecule has 0 saturated heterocycles. The summed E-state index contributed by atoms with van der Waals surface area (Å²) < 4.78 is 2.01. The van der Waals surface area contributed by atoms with Gasteiger partial charge in [0.2, 0.25) is 5.28 Å². The van der Waals surface area contributed by atoms with Gasteiger partial charge < -0.3 is 0 Å². The van der Waals surface area contributed by atoms with Crippen LogP contribution in [0.1, 0.15) is 0 Å². The Kier molecular flexibility index (Phi) is 2.82. The first-order valence-corrected chi connectivity index (χ1v) is 6.75. The summed E-state index contributed by atoms with van der Waals surface area (Å²) >= 11 is 10.9. The van der Waals surface area contributed by atoms with E-state index in [0.717, 1.165) is 20.4 Å². The van der Waals surface area contributed by atoms with Crippen molar-refractivity contribution in [3.8, 4) is 10.6 Å². The van der Waals surface area contributed by atoms with Gasteiger partial charge in [0.1, 0.15) is 0 Å². The normalized spacial score (nSPS) is 10.9. The largest absolute Gasteiger partial charge is 0.264 e. The van der Waals surface area contributed by atoms with E-state index in [0.29, 0.717) is 0 Å². The van der Waals surface area contributed by atoms with Gasteiger partial charge in [0.25, 0.3) is 0 Å². The highest BCUT2D eigenvalue weighted by Gasteiger charge is 2.10. The van der Waals surface area contributed by atoms with Crippen molar-refractivity contribution in [2.75, 3.05) is 0 Å². The number of rotatable bonds is 1. The van der Waals surface area contributed by atoms with Crippen LogP contribution in [0, 0.1) is 0 Å². The molecule has 0 bridgehead atoms. The third-order valence-corrected chi connectivity index (χ3v) is 4.15. The van der Waals surface area contributed by atoms with Gasteiger partial charge in [-0.25, -0.2) is 9.97 Å². The Morgan fingerprint density at radius 2 is 2.18 bits per heavy atom. The van der Waals surface area contributed by atoms with E-state index in [1.54, 1.807) is 23.7 Å². The third-order valence-electron chi connectivity index (χ3n) is 2.26. The molecule has 0 N–H and O–H groups in total.